The number of thiophene rings is 1. The molecule has 0 radical (unpaired) electrons. The third-order valence-electron chi connectivity index (χ3n) is 3.61. The number of rotatable bonds is 6. The first-order chi connectivity index (χ1) is 13.5. The van der Waals surface area contributed by atoms with Crippen LogP contribution in [-0.2, 0) is 9.53 Å². The zero-order valence-electron chi connectivity index (χ0n) is 14.5. The molecule has 0 aliphatic heterocycles. The largest absolute Gasteiger partial charge is 0.452 e. The Morgan fingerprint density at radius 2 is 1.68 bits per heavy atom. The average Bonchev–Trinajstić information content (AvgIpc) is 3.23. The van der Waals surface area contributed by atoms with Gasteiger partial charge in [0.15, 0.2) is 6.61 Å². The van der Waals surface area contributed by atoms with Crippen LogP contribution in [0.15, 0.2) is 66.0 Å². The first-order valence-corrected chi connectivity index (χ1v) is 9.07. The Labute approximate surface area is 164 Å². The van der Waals surface area contributed by atoms with E-state index in [4.69, 9.17) is 4.74 Å². The van der Waals surface area contributed by atoms with Gasteiger partial charge in [0.2, 0.25) is 0 Å². The van der Waals surface area contributed by atoms with E-state index in [0.29, 0.717) is 10.6 Å². The van der Waals surface area contributed by atoms with E-state index in [9.17, 15) is 18.8 Å². The molecule has 1 heterocycles. The van der Waals surface area contributed by atoms with Gasteiger partial charge in [-0.1, -0.05) is 18.2 Å². The second kappa shape index (κ2) is 8.92. The summed E-state index contributed by atoms with van der Waals surface area (Å²) in [5.41, 5.74) is 0.745. The summed E-state index contributed by atoms with van der Waals surface area (Å²) in [5.74, 6) is -2.18. The topological polar surface area (TPSA) is 84.5 Å². The highest BCUT2D eigenvalue weighted by Gasteiger charge is 2.12. The zero-order chi connectivity index (χ0) is 19.9. The van der Waals surface area contributed by atoms with E-state index < -0.39 is 24.3 Å². The smallest absolute Gasteiger partial charge is 0.338 e. The fourth-order valence-corrected chi connectivity index (χ4v) is 2.87. The van der Waals surface area contributed by atoms with Crippen molar-refractivity contribution in [3.05, 3.63) is 82.3 Å². The highest BCUT2D eigenvalue weighted by Crippen LogP contribution is 2.15. The molecule has 3 aromatic rings. The third kappa shape index (κ3) is 5.01. The van der Waals surface area contributed by atoms with Crippen molar-refractivity contribution in [2.24, 2.45) is 0 Å². The SMILES string of the molecule is O=C(COC(=O)c1ccc(NC(=O)c2cccs2)cc1)Nc1ccccc1F. The fraction of sp³-hybridized carbons (Fsp3) is 0.0500. The number of carbonyl (C=O) groups excluding carboxylic acids is 3. The first-order valence-electron chi connectivity index (χ1n) is 8.19. The van der Waals surface area contributed by atoms with Gasteiger partial charge in [0, 0.05) is 5.69 Å². The van der Waals surface area contributed by atoms with Crippen LogP contribution in [0.5, 0.6) is 0 Å². The molecule has 0 bridgehead atoms. The van der Waals surface area contributed by atoms with E-state index in [-0.39, 0.29) is 17.2 Å². The van der Waals surface area contributed by atoms with Crippen LogP contribution in [0.3, 0.4) is 0 Å². The van der Waals surface area contributed by atoms with Crippen molar-refractivity contribution in [1.82, 2.24) is 0 Å². The predicted octanol–water partition coefficient (Wildman–Crippen LogP) is 3.94. The predicted molar refractivity (Wildman–Crippen MR) is 104 cm³/mol. The molecule has 0 fully saturated rings. The summed E-state index contributed by atoms with van der Waals surface area (Å²) in [5, 5.41) is 6.84. The maximum atomic E-state index is 13.5. The van der Waals surface area contributed by atoms with E-state index in [1.165, 1.54) is 41.7 Å². The van der Waals surface area contributed by atoms with E-state index in [0.717, 1.165) is 0 Å². The number of nitrogens with one attached hydrogen (secondary N) is 2. The van der Waals surface area contributed by atoms with Crippen LogP contribution in [0.1, 0.15) is 20.0 Å². The van der Waals surface area contributed by atoms with Gasteiger partial charge in [0.25, 0.3) is 11.8 Å². The van der Waals surface area contributed by atoms with Crippen LogP contribution in [0.2, 0.25) is 0 Å². The van der Waals surface area contributed by atoms with Crippen molar-refractivity contribution >= 4 is 40.5 Å². The molecular weight excluding hydrogens is 383 g/mol. The summed E-state index contributed by atoms with van der Waals surface area (Å²) in [6.07, 6.45) is 0. The molecule has 0 aliphatic rings. The van der Waals surface area contributed by atoms with E-state index in [2.05, 4.69) is 10.6 Å². The van der Waals surface area contributed by atoms with Gasteiger partial charge in [-0.05, 0) is 47.8 Å². The number of halogens is 1. The van der Waals surface area contributed by atoms with Gasteiger partial charge in [0.05, 0.1) is 16.1 Å². The minimum Gasteiger partial charge on any atom is -0.452 e. The standard InChI is InChI=1S/C20H15FN2O4S/c21-15-4-1-2-5-16(15)23-18(24)12-27-20(26)13-7-9-14(10-8-13)22-19(25)17-6-3-11-28-17/h1-11H,12H2,(H,22,25)(H,23,24). The Balaban J connectivity index is 1.51. The second-order valence-electron chi connectivity index (χ2n) is 5.61. The monoisotopic (exact) mass is 398 g/mol. The molecule has 6 nitrogen and oxygen atoms in total. The molecule has 2 N–H and O–H groups in total. The van der Waals surface area contributed by atoms with Gasteiger partial charge in [-0.15, -0.1) is 11.3 Å². The molecule has 0 saturated heterocycles. The Morgan fingerprint density at radius 3 is 2.36 bits per heavy atom. The lowest BCUT2D eigenvalue weighted by Gasteiger charge is -2.08. The molecular formula is C20H15FN2O4S. The Bertz CT molecular complexity index is 988. The van der Waals surface area contributed by atoms with Crippen molar-refractivity contribution in [2.75, 3.05) is 17.2 Å². The van der Waals surface area contributed by atoms with Crippen molar-refractivity contribution in [3.63, 3.8) is 0 Å². The molecule has 0 spiro atoms. The molecule has 2 amide bonds. The highest BCUT2D eigenvalue weighted by molar-refractivity contribution is 7.12. The number of esters is 1. The molecule has 142 valence electrons. The summed E-state index contributed by atoms with van der Waals surface area (Å²) >= 11 is 1.32. The van der Waals surface area contributed by atoms with Gasteiger partial charge in [-0.2, -0.15) is 0 Å². The normalized spacial score (nSPS) is 10.2. The van der Waals surface area contributed by atoms with E-state index in [1.54, 1.807) is 35.7 Å². The minimum atomic E-state index is -0.709. The molecule has 2 aromatic carbocycles. The first kappa shape index (κ1) is 19.2. The average molecular weight is 398 g/mol. The number of anilines is 2. The van der Waals surface area contributed by atoms with Gasteiger partial charge < -0.3 is 15.4 Å². The summed E-state index contributed by atoms with van der Waals surface area (Å²) in [7, 11) is 0. The molecule has 0 aliphatic carbocycles. The van der Waals surface area contributed by atoms with Gasteiger partial charge in [-0.3, -0.25) is 9.59 Å². The zero-order valence-corrected chi connectivity index (χ0v) is 15.3. The van der Waals surface area contributed by atoms with Gasteiger partial charge in [-0.25, -0.2) is 9.18 Å². The summed E-state index contributed by atoms with van der Waals surface area (Å²) in [6, 6.07) is 15.2. The Kier molecular flexibility index (Phi) is 6.13. The van der Waals surface area contributed by atoms with Crippen LogP contribution < -0.4 is 10.6 Å². The molecule has 1 aromatic heterocycles. The molecule has 28 heavy (non-hydrogen) atoms. The molecule has 0 atom stereocenters. The molecule has 3 rings (SSSR count). The maximum Gasteiger partial charge on any atom is 0.338 e. The van der Waals surface area contributed by atoms with Crippen LogP contribution in [-0.4, -0.2) is 24.4 Å². The molecule has 0 unspecified atom stereocenters. The third-order valence-corrected chi connectivity index (χ3v) is 4.47. The highest BCUT2D eigenvalue weighted by atomic mass is 32.1. The number of benzene rings is 2. The second-order valence-corrected chi connectivity index (χ2v) is 6.56. The number of ether oxygens (including phenoxy) is 1. The fourth-order valence-electron chi connectivity index (χ4n) is 2.25. The number of hydrogen-bond acceptors (Lipinski definition) is 5. The minimum absolute atomic E-state index is 0.00869. The summed E-state index contributed by atoms with van der Waals surface area (Å²) in [4.78, 5) is 36.4. The summed E-state index contributed by atoms with van der Waals surface area (Å²) in [6.45, 7) is -0.552. The Morgan fingerprint density at radius 1 is 0.929 bits per heavy atom. The molecule has 8 heteroatoms. The van der Waals surface area contributed by atoms with Crippen molar-refractivity contribution in [3.8, 4) is 0 Å². The quantitative estimate of drug-likeness (QED) is 0.616. The number of amides is 2. The number of hydrogen-bond donors (Lipinski definition) is 2. The lowest BCUT2D eigenvalue weighted by Crippen LogP contribution is -2.21. The van der Waals surface area contributed by atoms with E-state index >= 15 is 0 Å². The van der Waals surface area contributed by atoms with Gasteiger partial charge >= 0.3 is 5.97 Å². The number of carbonyl (C=O) groups is 3. The van der Waals surface area contributed by atoms with Crippen molar-refractivity contribution in [2.45, 2.75) is 0 Å². The van der Waals surface area contributed by atoms with Crippen molar-refractivity contribution < 1.29 is 23.5 Å². The maximum absolute atomic E-state index is 13.5. The molecule has 0 saturated carbocycles. The van der Waals surface area contributed by atoms with Crippen molar-refractivity contribution in [1.29, 1.82) is 0 Å². The van der Waals surface area contributed by atoms with Crippen LogP contribution in [0.25, 0.3) is 0 Å². The number of para-hydroxylation sites is 1. The summed E-state index contributed by atoms with van der Waals surface area (Å²) < 4.78 is 18.4. The van der Waals surface area contributed by atoms with Gasteiger partial charge in [0.1, 0.15) is 5.82 Å². The Hall–Kier alpha value is -3.52. The lowest BCUT2D eigenvalue weighted by molar-refractivity contribution is -0.119. The van der Waals surface area contributed by atoms with Crippen LogP contribution in [0, 0.1) is 5.82 Å². The van der Waals surface area contributed by atoms with E-state index in [1.807, 2.05) is 0 Å². The lowest BCUT2D eigenvalue weighted by atomic mass is 10.2. The van der Waals surface area contributed by atoms with Crippen LogP contribution in [0.4, 0.5) is 15.8 Å². The van der Waals surface area contributed by atoms with Crippen LogP contribution >= 0.6 is 11.3 Å².